The first-order valence-electron chi connectivity index (χ1n) is 8.18. The third-order valence-electron chi connectivity index (χ3n) is 3.95. The lowest BCUT2D eigenvalue weighted by atomic mass is 10.1. The summed E-state index contributed by atoms with van der Waals surface area (Å²) in [5.74, 6) is -1.13. The molecule has 3 heterocycles. The highest BCUT2D eigenvalue weighted by Gasteiger charge is 2.38. The van der Waals surface area contributed by atoms with Crippen molar-refractivity contribution in [2.45, 2.75) is 25.8 Å². The first-order valence-corrected chi connectivity index (χ1v) is 8.18. The zero-order valence-corrected chi connectivity index (χ0v) is 15.1. The fourth-order valence-electron chi connectivity index (χ4n) is 2.90. The first kappa shape index (κ1) is 20.9. The fourth-order valence-corrected chi connectivity index (χ4v) is 2.90. The predicted octanol–water partition coefficient (Wildman–Crippen LogP) is 1.53. The Bertz CT molecular complexity index is 744. The van der Waals surface area contributed by atoms with Gasteiger partial charge < -0.3 is 14.4 Å². The maximum absolute atomic E-state index is 10.6. The highest BCUT2D eigenvalue weighted by molar-refractivity contribution is 5.73. The van der Waals surface area contributed by atoms with Crippen LogP contribution in [0.5, 0.6) is 0 Å². The van der Waals surface area contributed by atoms with Gasteiger partial charge in [-0.05, 0) is 0 Å². The number of halogens is 3. The topological polar surface area (TPSA) is 85.4 Å². The number of carboxylic acids is 1. The molecule has 0 spiro atoms. The number of ether oxygens (including phenoxy) is 1. The maximum atomic E-state index is 10.6. The maximum Gasteiger partial charge on any atom is 0.490 e. The van der Waals surface area contributed by atoms with Crippen molar-refractivity contribution in [1.29, 1.82) is 0 Å². The molecular weight excluding hydrogens is 367 g/mol. The number of carboxylic acid groups (broad SMARTS) is 1. The molecule has 0 aromatic carbocycles. The Morgan fingerprint density at radius 1 is 1.41 bits per heavy atom. The molecule has 0 bridgehead atoms. The lowest BCUT2D eigenvalue weighted by molar-refractivity contribution is -0.192. The van der Waals surface area contributed by atoms with Crippen LogP contribution in [0.2, 0.25) is 0 Å². The molecule has 2 aromatic heterocycles. The number of aliphatic carboxylic acids is 1. The van der Waals surface area contributed by atoms with Crippen molar-refractivity contribution in [1.82, 2.24) is 24.2 Å². The summed E-state index contributed by atoms with van der Waals surface area (Å²) >= 11 is 0. The molecule has 1 aliphatic rings. The van der Waals surface area contributed by atoms with Crippen LogP contribution in [0, 0.1) is 5.92 Å². The molecular formula is C16H22F3N5O3. The lowest BCUT2D eigenvalue weighted by Gasteiger charge is -2.22. The van der Waals surface area contributed by atoms with E-state index in [0.717, 1.165) is 38.6 Å². The van der Waals surface area contributed by atoms with Gasteiger partial charge in [0, 0.05) is 63.9 Å². The number of carbonyl (C=O) groups is 1. The van der Waals surface area contributed by atoms with Crippen LogP contribution in [0.3, 0.4) is 0 Å². The molecule has 2 aromatic rings. The van der Waals surface area contributed by atoms with Crippen LogP contribution in [0.1, 0.15) is 11.4 Å². The van der Waals surface area contributed by atoms with E-state index in [1.807, 2.05) is 24.1 Å². The average molecular weight is 389 g/mol. The van der Waals surface area contributed by atoms with Crippen LogP contribution in [0.25, 0.3) is 0 Å². The largest absolute Gasteiger partial charge is 0.490 e. The third-order valence-corrected chi connectivity index (χ3v) is 3.95. The van der Waals surface area contributed by atoms with Gasteiger partial charge in [0.25, 0.3) is 0 Å². The normalized spacial score (nSPS) is 17.6. The molecule has 0 fully saturated rings. The number of methoxy groups -OCH3 is 1. The molecule has 1 atom stereocenters. The van der Waals surface area contributed by atoms with Crippen molar-refractivity contribution < 1.29 is 27.8 Å². The second-order valence-electron chi connectivity index (χ2n) is 6.31. The molecule has 3 rings (SSSR count). The average Bonchev–Trinajstić information content (AvgIpc) is 3.13. The zero-order valence-electron chi connectivity index (χ0n) is 15.1. The van der Waals surface area contributed by atoms with E-state index in [1.165, 1.54) is 5.56 Å². The van der Waals surface area contributed by atoms with Crippen LogP contribution in [-0.2, 0) is 36.2 Å². The Balaban J connectivity index is 0.000000321. The van der Waals surface area contributed by atoms with E-state index >= 15 is 0 Å². The van der Waals surface area contributed by atoms with E-state index in [9.17, 15) is 13.2 Å². The molecule has 0 radical (unpaired) electrons. The molecule has 1 aliphatic heterocycles. The van der Waals surface area contributed by atoms with Gasteiger partial charge >= 0.3 is 12.1 Å². The summed E-state index contributed by atoms with van der Waals surface area (Å²) in [5.41, 5.74) is 1.24. The summed E-state index contributed by atoms with van der Waals surface area (Å²) in [5, 5.41) is 11.4. The Hall–Kier alpha value is -2.40. The Morgan fingerprint density at radius 2 is 2.11 bits per heavy atom. The van der Waals surface area contributed by atoms with Crippen molar-refractivity contribution in [3.8, 4) is 0 Å². The van der Waals surface area contributed by atoms with Crippen molar-refractivity contribution in [3.63, 3.8) is 0 Å². The molecule has 1 unspecified atom stereocenters. The van der Waals surface area contributed by atoms with Gasteiger partial charge in [0.05, 0.1) is 19.3 Å². The molecule has 0 amide bonds. The SMILES string of the molecule is COCC1CN(Cc2cnn(C)c2)Cc2nccn2C1.O=C(O)C(F)(F)F. The summed E-state index contributed by atoms with van der Waals surface area (Å²) < 4.78 is 41.2. The Labute approximate surface area is 154 Å². The fraction of sp³-hybridized carbons (Fsp3) is 0.562. The number of aromatic nitrogens is 4. The minimum atomic E-state index is -5.08. The van der Waals surface area contributed by atoms with E-state index in [4.69, 9.17) is 14.6 Å². The summed E-state index contributed by atoms with van der Waals surface area (Å²) in [6.07, 6.45) is 2.86. The summed E-state index contributed by atoms with van der Waals surface area (Å²) in [6, 6.07) is 0. The van der Waals surface area contributed by atoms with Crippen molar-refractivity contribution in [3.05, 3.63) is 36.2 Å². The summed E-state index contributed by atoms with van der Waals surface area (Å²) in [7, 11) is 3.72. The van der Waals surface area contributed by atoms with Crippen molar-refractivity contribution >= 4 is 5.97 Å². The molecule has 0 aliphatic carbocycles. The summed E-state index contributed by atoms with van der Waals surface area (Å²) in [6.45, 7) is 4.56. The second kappa shape index (κ2) is 9.00. The molecule has 150 valence electrons. The third kappa shape index (κ3) is 6.36. The number of nitrogens with zero attached hydrogens (tertiary/aromatic N) is 5. The Morgan fingerprint density at radius 3 is 2.67 bits per heavy atom. The van der Waals surface area contributed by atoms with Crippen LogP contribution in [-0.4, -0.2) is 61.7 Å². The molecule has 11 heteroatoms. The number of rotatable bonds is 4. The second-order valence-corrected chi connectivity index (χ2v) is 6.31. The minimum absolute atomic E-state index is 0.493. The number of hydrogen-bond donors (Lipinski definition) is 1. The molecule has 8 nitrogen and oxygen atoms in total. The van der Waals surface area contributed by atoms with E-state index in [1.54, 1.807) is 7.11 Å². The van der Waals surface area contributed by atoms with Gasteiger partial charge in [-0.3, -0.25) is 9.58 Å². The number of alkyl halides is 3. The van der Waals surface area contributed by atoms with Crippen LogP contribution < -0.4 is 0 Å². The van der Waals surface area contributed by atoms with Gasteiger partial charge in [-0.15, -0.1) is 0 Å². The molecule has 27 heavy (non-hydrogen) atoms. The number of aryl methyl sites for hydroxylation is 1. The van der Waals surface area contributed by atoms with E-state index in [2.05, 4.69) is 31.9 Å². The number of hydrogen-bond acceptors (Lipinski definition) is 5. The van der Waals surface area contributed by atoms with Gasteiger partial charge in [-0.2, -0.15) is 18.3 Å². The quantitative estimate of drug-likeness (QED) is 0.854. The van der Waals surface area contributed by atoms with Crippen molar-refractivity contribution in [2.24, 2.45) is 13.0 Å². The first-order chi connectivity index (χ1) is 12.7. The summed E-state index contributed by atoms with van der Waals surface area (Å²) in [4.78, 5) is 15.8. The van der Waals surface area contributed by atoms with Crippen LogP contribution >= 0.6 is 0 Å². The van der Waals surface area contributed by atoms with Crippen molar-refractivity contribution in [2.75, 3.05) is 20.3 Å². The molecule has 0 saturated heterocycles. The van der Waals surface area contributed by atoms with Crippen LogP contribution in [0.4, 0.5) is 13.2 Å². The number of fused-ring (bicyclic) bond motifs is 1. The van der Waals surface area contributed by atoms with E-state index < -0.39 is 12.1 Å². The smallest absolute Gasteiger partial charge is 0.475 e. The number of imidazole rings is 1. The zero-order chi connectivity index (χ0) is 20.0. The van der Waals surface area contributed by atoms with E-state index in [0.29, 0.717) is 5.92 Å². The monoisotopic (exact) mass is 389 g/mol. The standard InChI is InChI=1S/C14H21N5O.C2HF3O2/c1-17-6-12(5-16-17)7-18-8-13(11-20-2)9-19-4-3-15-14(19)10-18;3-2(4,5)1(6)7/h3-6,13H,7-11H2,1-2H3;(H,6,7). The van der Waals surface area contributed by atoms with Gasteiger partial charge in [0.2, 0.25) is 0 Å². The minimum Gasteiger partial charge on any atom is -0.475 e. The van der Waals surface area contributed by atoms with Gasteiger partial charge in [-0.1, -0.05) is 0 Å². The van der Waals surface area contributed by atoms with Gasteiger partial charge in [-0.25, -0.2) is 9.78 Å². The predicted molar refractivity (Wildman–Crippen MR) is 88.6 cm³/mol. The van der Waals surface area contributed by atoms with Crippen LogP contribution in [0.15, 0.2) is 24.8 Å². The highest BCUT2D eigenvalue weighted by atomic mass is 19.4. The lowest BCUT2D eigenvalue weighted by Crippen LogP contribution is -2.29. The van der Waals surface area contributed by atoms with Gasteiger partial charge in [0.1, 0.15) is 5.82 Å². The highest BCUT2D eigenvalue weighted by Crippen LogP contribution is 2.18. The molecule has 0 saturated carbocycles. The van der Waals surface area contributed by atoms with E-state index in [-0.39, 0.29) is 0 Å². The Kier molecular flexibility index (Phi) is 6.97. The van der Waals surface area contributed by atoms with Gasteiger partial charge in [0.15, 0.2) is 0 Å². The molecule has 1 N–H and O–H groups in total.